The van der Waals surface area contributed by atoms with E-state index in [1.807, 2.05) is 30.3 Å². The molecule has 6 heteroatoms. The minimum atomic E-state index is -0.586. The first-order chi connectivity index (χ1) is 15.1. The van der Waals surface area contributed by atoms with Crippen molar-refractivity contribution < 1.29 is 19.1 Å². The third kappa shape index (κ3) is 5.25. The maximum Gasteiger partial charge on any atom is 0.342 e. The van der Waals surface area contributed by atoms with Crippen LogP contribution in [0, 0.1) is 0 Å². The molecule has 0 bridgehead atoms. The largest absolute Gasteiger partial charge is 0.488 e. The molecule has 0 saturated carbocycles. The number of fused-ring (bicyclic) bond motifs is 1. The summed E-state index contributed by atoms with van der Waals surface area (Å²) in [6.07, 6.45) is 0.803. The number of carbonyl (C=O) groups is 2. The molecule has 1 heterocycles. The molecule has 3 aromatic carbocycles. The van der Waals surface area contributed by atoms with Crippen molar-refractivity contribution in [1.29, 1.82) is 0 Å². The van der Waals surface area contributed by atoms with Gasteiger partial charge in [-0.1, -0.05) is 60.1 Å². The van der Waals surface area contributed by atoms with Gasteiger partial charge >= 0.3 is 5.97 Å². The van der Waals surface area contributed by atoms with E-state index in [0.29, 0.717) is 23.9 Å². The molecule has 0 aromatic heterocycles. The van der Waals surface area contributed by atoms with Crippen LogP contribution in [0.2, 0.25) is 5.02 Å². The van der Waals surface area contributed by atoms with Crippen LogP contribution in [-0.2, 0) is 29.1 Å². The predicted molar refractivity (Wildman–Crippen MR) is 118 cm³/mol. The lowest BCUT2D eigenvalue weighted by Gasteiger charge is -2.28. The van der Waals surface area contributed by atoms with Gasteiger partial charge < -0.3 is 14.4 Å². The van der Waals surface area contributed by atoms with Gasteiger partial charge in [0.25, 0.3) is 5.91 Å². The molecule has 0 aliphatic carbocycles. The highest BCUT2D eigenvalue weighted by Crippen LogP contribution is 2.22. The van der Waals surface area contributed by atoms with Crippen molar-refractivity contribution in [2.24, 2.45) is 0 Å². The summed E-state index contributed by atoms with van der Waals surface area (Å²) >= 11 is 5.90. The van der Waals surface area contributed by atoms with Crippen molar-refractivity contribution in [3.05, 3.63) is 100 Å². The molecule has 0 spiro atoms. The number of esters is 1. The molecule has 5 nitrogen and oxygen atoms in total. The number of halogens is 1. The molecule has 0 atom stereocenters. The van der Waals surface area contributed by atoms with Gasteiger partial charge in [-0.2, -0.15) is 0 Å². The Bertz CT molecular complexity index is 1080. The van der Waals surface area contributed by atoms with Gasteiger partial charge in [-0.3, -0.25) is 4.79 Å². The van der Waals surface area contributed by atoms with Crippen molar-refractivity contribution in [1.82, 2.24) is 4.90 Å². The van der Waals surface area contributed by atoms with Gasteiger partial charge in [-0.05, 0) is 47.4 Å². The summed E-state index contributed by atoms with van der Waals surface area (Å²) in [7, 11) is 0. The van der Waals surface area contributed by atoms with Crippen LogP contribution in [0.5, 0.6) is 5.75 Å². The average molecular weight is 436 g/mol. The smallest absolute Gasteiger partial charge is 0.342 e. The summed E-state index contributed by atoms with van der Waals surface area (Å²) in [6, 6.07) is 22.2. The summed E-state index contributed by atoms with van der Waals surface area (Å²) < 4.78 is 11.1. The summed E-state index contributed by atoms with van der Waals surface area (Å²) in [5.74, 6) is -0.387. The summed E-state index contributed by atoms with van der Waals surface area (Å²) in [4.78, 5) is 26.9. The second-order valence-corrected chi connectivity index (χ2v) is 7.76. The van der Waals surface area contributed by atoms with E-state index in [4.69, 9.17) is 21.1 Å². The fraction of sp³-hybridized carbons (Fsp3) is 0.200. The molecule has 31 heavy (non-hydrogen) atoms. The number of rotatable bonds is 6. The van der Waals surface area contributed by atoms with Crippen LogP contribution in [0.3, 0.4) is 0 Å². The topological polar surface area (TPSA) is 55.8 Å². The third-order valence-corrected chi connectivity index (χ3v) is 5.48. The van der Waals surface area contributed by atoms with Crippen molar-refractivity contribution in [2.45, 2.75) is 19.6 Å². The monoisotopic (exact) mass is 435 g/mol. The second kappa shape index (κ2) is 9.67. The molecule has 3 aromatic rings. The van der Waals surface area contributed by atoms with E-state index >= 15 is 0 Å². The SMILES string of the molecule is O=C(OCC(=O)N1CCc2ccccc2C1)c1ccccc1OCc1ccc(Cl)cc1. The Labute approximate surface area is 186 Å². The van der Waals surface area contributed by atoms with Crippen molar-refractivity contribution >= 4 is 23.5 Å². The van der Waals surface area contributed by atoms with Crippen LogP contribution in [0.15, 0.2) is 72.8 Å². The standard InChI is InChI=1S/C25H22ClNO4/c26-21-11-9-18(10-12-21)16-30-23-8-4-3-7-22(23)25(29)31-17-24(28)27-14-13-19-5-1-2-6-20(19)15-27/h1-12H,13-17H2. The summed E-state index contributed by atoms with van der Waals surface area (Å²) in [6.45, 7) is 1.14. The molecule has 1 amide bonds. The second-order valence-electron chi connectivity index (χ2n) is 7.32. The number of carbonyl (C=O) groups excluding carboxylic acids is 2. The molecule has 0 saturated heterocycles. The minimum absolute atomic E-state index is 0.206. The Balaban J connectivity index is 1.34. The van der Waals surface area contributed by atoms with Crippen molar-refractivity contribution in [2.75, 3.05) is 13.2 Å². The Morgan fingerprint density at radius 2 is 1.61 bits per heavy atom. The van der Waals surface area contributed by atoms with E-state index in [1.165, 1.54) is 5.56 Å². The molecule has 0 N–H and O–H groups in total. The highest BCUT2D eigenvalue weighted by atomic mass is 35.5. The van der Waals surface area contributed by atoms with E-state index in [1.54, 1.807) is 41.3 Å². The molecule has 0 radical (unpaired) electrons. The molecular formula is C25H22ClNO4. The lowest BCUT2D eigenvalue weighted by atomic mass is 10.00. The van der Waals surface area contributed by atoms with E-state index in [2.05, 4.69) is 6.07 Å². The summed E-state index contributed by atoms with van der Waals surface area (Å²) in [5, 5.41) is 0.648. The van der Waals surface area contributed by atoms with Gasteiger partial charge in [0.2, 0.25) is 0 Å². The van der Waals surface area contributed by atoms with E-state index in [0.717, 1.165) is 17.5 Å². The van der Waals surface area contributed by atoms with Crippen LogP contribution >= 0.6 is 11.6 Å². The Kier molecular flexibility index (Phi) is 6.53. The maximum absolute atomic E-state index is 12.6. The van der Waals surface area contributed by atoms with Gasteiger partial charge in [0, 0.05) is 18.1 Å². The van der Waals surface area contributed by atoms with Gasteiger partial charge in [0.15, 0.2) is 6.61 Å². The third-order valence-electron chi connectivity index (χ3n) is 5.22. The van der Waals surface area contributed by atoms with Crippen LogP contribution in [0.1, 0.15) is 27.0 Å². The van der Waals surface area contributed by atoms with Crippen LogP contribution < -0.4 is 4.74 Å². The summed E-state index contributed by atoms with van der Waals surface area (Å²) in [5.41, 5.74) is 3.60. The molecule has 1 aliphatic heterocycles. The van der Waals surface area contributed by atoms with Crippen LogP contribution in [0.25, 0.3) is 0 Å². The highest BCUT2D eigenvalue weighted by molar-refractivity contribution is 6.30. The first kappa shape index (κ1) is 20.9. The number of ether oxygens (including phenoxy) is 2. The van der Waals surface area contributed by atoms with E-state index in [-0.39, 0.29) is 24.7 Å². The lowest BCUT2D eigenvalue weighted by Crippen LogP contribution is -2.38. The number of nitrogens with zero attached hydrogens (tertiary/aromatic N) is 1. The quantitative estimate of drug-likeness (QED) is 0.528. The molecule has 158 valence electrons. The zero-order chi connectivity index (χ0) is 21.6. The zero-order valence-electron chi connectivity index (χ0n) is 16.9. The van der Waals surface area contributed by atoms with E-state index in [9.17, 15) is 9.59 Å². The molecule has 4 rings (SSSR count). The van der Waals surface area contributed by atoms with Crippen LogP contribution in [0.4, 0.5) is 0 Å². The fourth-order valence-corrected chi connectivity index (χ4v) is 3.63. The molecular weight excluding hydrogens is 414 g/mol. The minimum Gasteiger partial charge on any atom is -0.488 e. The maximum atomic E-state index is 12.6. The first-order valence-corrected chi connectivity index (χ1v) is 10.5. The Morgan fingerprint density at radius 3 is 2.42 bits per heavy atom. The molecule has 0 fully saturated rings. The number of amides is 1. The predicted octanol–water partition coefficient (Wildman–Crippen LogP) is 4.66. The zero-order valence-corrected chi connectivity index (χ0v) is 17.7. The first-order valence-electron chi connectivity index (χ1n) is 10.1. The highest BCUT2D eigenvalue weighted by Gasteiger charge is 2.22. The van der Waals surface area contributed by atoms with Gasteiger partial charge in [-0.25, -0.2) is 4.79 Å². The number of para-hydroxylation sites is 1. The van der Waals surface area contributed by atoms with Gasteiger partial charge in [0.05, 0.1) is 0 Å². The van der Waals surface area contributed by atoms with Gasteiger partial charge in [0.1, 0.15) is 17.9 Å². The number of hydrogen-bond acceptors (Lipinski definition) is 4. The van der Waals surface area contributed by atoms with Crippen molar-refractivity contribution in [3.63, 3.8) is 0 Å². The Hall–Kier alpha value is -3.31. The lowest BCUT2D eigenvalue weighted by molar-refractivity contribution is -0.135. The fourth-order valence-electron chi connectivity index (χ4n) is 3.51. The number of benzene rings is 3. The van der Waals surface area contributed by atoms with Gasteiger partial charge in [-0.15, -0.1) is 0 Å². The molecule has 1 aliphatic rings. The normalized spacial score (nSPS) is 12.7. The van der Waals surface area contributed by atoms with E-state index < -0.39 is 5.97 Å². The van der Waals surface area contributed by atoms with Crippen LogP contribution in [-0.4, -0.2) is 29.9 Å². The average Bonchev–Trinajstić information content (AvgIpc) is 2.82. The van der Waals surface area contributed by atoms with Crippen molar-refractivity contribution in [3.8, 4) is 5.75 Å². The number of hydrogen-bond donors (Lipinski definition) is 0. The molecule has 0 unspecified atom stereocenters. The Morgan fingerprint density at radius 1 is 0.903 bits per heavy atom.